The van der Waals surface area contributed by atoms with Crippen LogP contribution in [-0.4, -0.2) is 9.55 Å². The second-order valence-corrected chi connectivity index (χ2v) is 5.87. The van der Waals surface area contributed by atoms with Gasteiger partial charge in [0.25, 0.3) is 0 Å². The van der Waals surface area contributed by atoms with Gasteiger partial charge in [0, 0.05) is 10.5 Å². The molecule has 3 aromatic rings. The van der Waals surface area contributed by atoms with Crippen molar-refractivity contribution in [2.24, 2.45) is 0 Å². The molecular formula is C15H10BrClF2N2. The van der Waals surface area contributed by atoms with Crippen molar-refractivity contribution in [3.63, 3.8) is 0 Å². The van der Waals surface area contributed by atoms with Crippen molar-refractivity contribution in [1.29, 1.82) is 0 Å². The number of aryl methyl sites for hydroxylation is 1. The average Bonchev–Trinajstić information content (AvgIpc) is 2.79. The summed E-state index contributed by atoms with van der Waals surface area (Å²) < 4.78 is 30.2. The van der Waals surface area contributed by atoms with E-state index in [9.17, 15) is 8.78 Å². The summed E-state index contributed by atoms with van der Waals surface area (Å²) in [6.07, 6.45) is 0. The minimum Gasteiger partial charge on any atom is -0.292 e. The summed E-state index contributed by atoms with van der Waals surface area (Å²) in [5.41, 5.74) is 1.88. The van der Waals surface area contributed by atoms with E-state index in [2.05, 4.69) is 20.9 Å². The van der Waals surface area contributed by atoms with Gasteiger partial charge in [-0.3, -0.25) is 4.57 Å². The standard InChI is InChI=1S/C15H10BrClF2N2/c1-8-4-14-12(6-11(8)19)20-15(7-17)21(14)13-5-9(16)2-3-10(13)18/h2-6H,7H2,1H3. The van der Waals surface area contributed by atoms with E-state index in [-0.39, 0.29) is 11.7 Å². The summed E-state index contributed by atoms with van der Waals surface area (Å²) in [5.74, 6) is -0.177. The normalized spacial score (nSPS) is 11.3. The van der Waals surface area contributed by atoms with E-state index >= 15 is 0 Å². The molecule has 21 heavy (non-hydrogen) atoms. The van der Waals surface area contributed by atoms with Crippen LogP contribution in [0.2, 0.25) is 0 Å². The highest BCUT2D eigenvalue weighted by atomic mass is 79.9. The predicted molar refractivity (Wildman–Crippen MR) is 83.0 cm³/mol. The summed E-state index contributed by atoms with van der Waals surface area (Å²) in [5, 5.41) is 0. The molecule has 0 N–H and O–H groups in total. The molecule has 2 aromatic carbocycles. The van der Waals surface area contributed by atoms with Gasteiger partial charge in [0.15, 0.2) is 0 Å². The van der Waals surface area contributed by atoms with Crippen molar-refractivity contribution in [2.75, 3.05) is 0 Å². The van der Waals surface area contributed by atoms with Crippen molar-refractivity contribution >= 4 is 38.6 Å². The molecule has 0 saturated heterocycles. The van der Waals surface area contributed by atoms with Crippen molar-refractivity contribution in [1.82, 2.24) is 9.55 Å². The SMILES string of the molecule is Cc1cc2c(cc1F)nc(CCl)n2-c1cc(Br)ccc1F. The largest absolute Gasteiger partial charge is 0.292 e. The highest BCUT2D eigenvalue weighted by molar-refractivity contribution is 9.10. The van der Waals surface area contributed by atoms with Crippen molar-refractivity contribution in [3.05, 3.63) is 57.8 Å². The summed E-state index contributed by atoms with van der Waals surface area (Å²) in [4.78, 5) is 4.29. The van der Waals surface area contributed by atoms with Gasteiger partial charge in [-0.25, -0.2) is 13.8 Å². The first-order valence-corrected chi connectivity index (χ1v) is 7.53. The third-order valence-corrected chi connectivity index (χ3v) is 4.01. The fraction of sp³-hybridized carbons (Fsp3) is 0.133. The van der Waals surface area contributed by atoms with Gasteiger partial charge in [0.2, 0.25) is 0 Å². The molecule has 0 fully saturated rings. The Morgan fingerprint density at radius 1 is 1.19 bits per heavy atom. The lowest BCUT2D eigenvalue weighted by Crippen LogP contribution is -2.02. The van der Waals surface area contributed by atoms with E-state index in [0.29, 0.717) is 28.1 Å². The molecule has 0 saturated carbocycles. The van der Waals surface area contributed by atoms with Crippen LogP contribution in [0, 0.1) is 18.6 Å². The van der Waals surface area contributed by atoms with Crippen LogP contribution in [0.5, 0.6) is 0 Å². The van der Waals surface area contributed by atoms with Crippen LogP contribution < -0.4 is 0 Å². The Kier molecular flexibility index (Phi) is 3.71. The molecule has 6 heteroatoms. The van der Waals surface area contributed by atoms with Gasteiger partial charge in [-0.05, 0) is 36.8 Å². The van der Waals surface area contributed by atoms with Gasteiger partial charge >= 0.3 is 0 Å². The lowest BCUT2D eigenvalue weighted by molar-refractivity contribution is 0.617. The molecule has 0 radical (unpaired) electrons. The molecule has 3 rings (SSSR count). The lowest BCUT2D eigenvalue weighted by Gasteiger charge is -2.10. The van der Waals surface area contributed by atoms with Crippen LogP contribution >= 0.6 is 27.5 Å². The molecular weight excluding hydrogens is 362 g/mol. The first-order chi connectivity index (χ1) is 10.0. The minimum absolute atomic E-state index is 0.0985. The molecule has 2 nitrogen and oxygen atoms in total. The number of hydrogen-bond acceptors (Lipinski definition) is 1. The van der Waals surface area contributed by atoms with Crippen LogP contribution in [0.25, 0.3) is 16.7 Å². The number of rotatable bonds is 2. The number of hydrogen-bond donors (Lipinski definition) is 0. The van der Waals surface area contributed by atoms with E-state index in [1.54, 1.807) is 29.7 Å². The zero-order valence-corrected chi connectivity index (χ0v) is 13.3. The number of nitrogens with zero attached hydrogens (tertiary/aromatic N) is 2. The summed E-state index contributed by atoms with van der Waals surface area (Å²) >= 11 is 9.24. The van der Waals surface area contributed by atoms with Crippen molar-refractivity contribution in [3.8, 4) is 5.69 Å². The monoisotopic (exact) mass is 370 g/mol. The third kappa shape index (κ3) is 2.45. The molecule has 0 aliphatic rings. The van der Waals surface area contributed by atoms with Gasteiger partial charge in [-0.1, -0.05) is 15.9 Å². The zero-order chi connectivity index (χ0) is 15.1. The van der Waals surface area contributed by atoms with Crippen molar-refractivity contribution in [2.45, 2.75) is 12.8 Å². The van der Waals surface area contributed by atoms with E-state index in [1.165, 1.54) is 12.1 Å². The summed E-state index contributed by atoms with van der Waals surface area (Å²) in [7, 11) is 0. The number of benzene rings is 2. The molecule has 0 amide bonds. The maximum atomic E-state index is 14.2. The van der Waals surface area contributed by atoms with Crippen LogP contribution in [0.4, 0.5) is 8.78 Å². The second-order valence-electron chi connectivity index (χ2n) is 4.68. The van der Waals surface area contributed by atoms with Gasteiger partial charge in [-0.2, -0.15) is 0 Å². The molecule has 0 aliphatic heterocycles. The Morgan fingerprint density at radius 3 is 2.67 bits per heavy atom. The Labute approximate surface area is 133 Å². The maximum Gasteiger partial charge on any atom is 0.147 e. The number of aromatic nitrogens is 2. The van der Waals surface area contributed by atoms with Gasteiger partial charge < -0.3 is 0 Å². The number of imidazole rings is 1. The van der Waals surface area contributed by atoms with Crippen LogP contribution in [0.3, 0.4) is 0 Å². The number of fused-ring (bicyclic) bond motifs is 1. The molecule has 0 unspecified atom stereocenters. The van der Waals surface area contributed by atoms with Gasteiger partial charge in [0.1, 0.15) is 17.5 Å². The number of halogens is 4. The molecule has 0 spiro atoms. The maximum absolute atomic E-state index is 14.2. The molecule has 1 heterocycles. The zero-order valence-electron chi connectivity index (χ0n) is 11.0. The molecule has 0 aliphatic carbocycles. The second kappa shape index (κ2) is 5.39. The smallest absolute Gasteiger partial charge is 0.147 e. The Balaban J connectivity index is 2.40. The topological polar surface area (TPSA) is 17.8 Å². The van der Waals surface area contributed by atoms with E-state index < -0.39 is 5.82 Å². The minimum atomic E-state index is -0.397. The Hall–Kier alpha value is -1.46. The van der Waals surface area contributed by atoms with E-state index in [1.807, 2.05) is 0 Å². The number of alkyl halides is 1. The highest BCUT2D eigenvalue weighted by Crippen LogP contribution is 2.28. The highest BCUT2D eigenvalue weighted by Gasteiger charge is 2.16. The van der Waals surface area contributed by atoms with Crippen LogP contribution in [0.15, 0.2) is 34.8 Å². The first kappa shape index (κ1) is 14.5. The first-order valence-electron chi connectivity index (χ1n) is 6.20. The average molecular weight is 372 g/mol. The fourth-order valence-electron chi connectivity index (χ4n) is 2.27. The summed E-state index contributed by atoms with van der Waals surface area (Å²) in [6.45, 7) is 1.66. The van der Waals surface area contributed by atoms with Gasteiger partial charge in [-0.15, -0.1) is 11.6 Å². The summed E-state index contributed by atoms with van der Waals surface area (Å²) in [6, 6.07) is 7.61. The molecule has 0 atom stereocenters. The van der Waals surface area contributed by atoms with E-state index in [0.717, 1.165) is 4.47 Å². The predicted octanol–water partition coefficient (Wildman–Crippen LogP) is 5.11. The quantitative estimate of drug-likeness (QED) is 0.572. The Morgan fingerprint density at radius 2 is 1.95 bits per heavy atom. The third-order valence-electron chi connectivity index (χ3n) is 3.27. The van der Waals surface area contributed by atoms with Crippen LogP contribution in [0.1, 0.15) is 11.4 Å². The van der Waals surface area contributed by atoms with Crippen LogP contribution in [-0.2, 0) is 5.88 Å². The lowest BCUT2D eigenvalue weighted by atomic mass is 10.2. The molecule has 108 valence electrons. The van der Waals surface area contributed by atoms with Crippen molar-refractivity contribution < 1.29 is 8.78 Å². The Bertz CT molecular complexity index is 845. The molecule has 1 aromatic heterocycles. The van der Waals surface area contributed by atoms with Gasteiger partial charge in [0.05, 0.1) is 22.6 Å². The van der Waals surface area contributed by atoms with E-state index in [4.69, 9.17) is 11.6 Å². The fourth-order valence-corrected chi connectivity index (χ4v) is 2.80. The molecule has 0 bridgehead atoms.